The van der Waals surface area contributed by atoms with Gasteiger partial charge in [0.15, 0.2) is 0 Å². The van der Waals surface area contributed by atoms with Gasteiger partial charge >= 0.3 is 0 Å². The highest BCUT2D eigenvalue weighted by Crippen LogP contribution is 2.22. The van der Waals surface area contributed by atoms with E-state index in [1.165, 1.54) is 10.6 Å². The molecular formula is C16H16FN3O. The minimum Gasteiger partial charge on any atom is -0.268 e. The molecule has 1 aromatic heterocycles. The summed E-state index contributed by atoms with van der Waals surface area (Å²) in [5.74, 6) is 0.542. The Labute approximate surface area is 121 Å². The fraction of sp³-hybridized carbons (Fsp3) is 0.312. The predicted molar refractivity (Wildman–Crippen MR) is 81.5 cm³/mol. The molecule has 21 heavy (non-hydrogen) atoms. The molecule has 1 aliphatic rings. The van der Waals surface area contributed by atoms with E-state index in [4.69, 9.17) is 0 Å². The summed E-state index contributed by atoms with van der Waals surface area (Å²) < 4.78 is 15.5. The maximum Gasteiger partial charge on any atom is 0.270 e. The quantitative estimate of drug-likeness (QED) is 0.747. The Kier molecular flexibility index (Phi) is 3.01. The molecule has 0 radical (unpaired) electrons. The van der Waals surface area contributed by atoms with Gasteiger partial charge in [0.25, 0.3) is 5.56 Å². The molecule has 3 rings (SSSR count). The SMILES string of the molecule is CC(C)(C)c1nc2cccc(F)c2c(=O)n1C1=NCC=C1. The van der Waals surface area contributed by atoms with Crippen LogP contribution in [0.1, 0.15) is 26.6 Å². The van der Waals surface area contributed by atoms with Gasteiger partial charge in [-0.05, 0) is 18.2 Å². The van der Waals surface area contributed by atoms with Crippen LogP contribution < -0.4 is 5.56 Å². The molecule has 0 unspecified atom stereocenters. The van der Waals surface area contributed by atoms with Crippen molar-refractivity contribution in [2.75, 3.05) is 6.54 Å². The summed E-state index contributed by atoms with van der Waals surface area (Å²) in [7, 11) is 0. The lowest BCUT2D eigenvalue weighted by Crippen LogP contribution is -2.35. The van der Waals surface area contributed by atoms with Crippen molar-refractivity contribution in [3.63, 3.8) is 0 Å². The first kappa shape index (κ1) is 13.7. The van der Waals surface area contributed by atoms with E-state index in [1.54, 1.807) is 18.2 Å². The molecule has 2 heterocycles. The Bertz CT molecular complexity index is 841. The number of aliphatic imine (C=N–C) groups is 1. The Balaban J connectivity index is 2.48. The summed E-state index contributed by atoms with van der Waals surface area (Å²) in [6.07, 6.45) is 3.63. The number of hydrogen-bond donors (Lipinski definition) is 0. The number of aromatic nitrogens is 2. The van der Waals surface area contributed by atoms with Crippen molar-refractivity contribution in [1.82, 2.24) is 9.55 Å². The second-order valence-corrected chi connectivity index (χ2v) is 6.06. The largest absolute Gasteiger partial charge is 0.270 e. The average Bonchev–Trinajstić information content (AvgIpc) is 2.90. The van der Waals surface area contributed by atoms with Gasteiger partial charge in [-0.15, -0.1) is 0 Å². The van der Waals surface area contributed by atoms with E-state index in [0.717, 1.165) is 0 Å². The Morgan fingerprint density at radius 2 is 2.05 bits per heavy atom. The third kappa shape index (κ3) is 2.18. The molecule has 4 nitrogen and oxygen atoms in total. The molecule has 0 bridgehead atoms. The van der Waals surface area contributed by atoms with Gasteiger partial charge in [0.2, 0.25) is 0 Å². The first-order valence-electron chi connectivity index (χ1n) is 6.83. The lowest BCUT2D eigenvalue weighted by atomic mass is 9.94. The van der Waals surface area contributed by atoms with Crippen LogP contribution in [0.15, 0.2) is 40.1 Å². The number of hydrogen-bond acceptors (Lipinski definition) is 3. The Morgan fingerprint density at radius 3 is 2.67 bits per heavy atom. The summed E-state index contributed by atoms with van der Waals surface area (Å²) >= 11 is 0. The highest BCUT2D eigenvalue weighted by atomic mass is 19.1. The van der Waals surface area contributed by atoms with E-state index in [1.807, 2.05) is 26.8 Å². The van der Waals surface area contributed by atoms with Crippen LogP contribution in [0.25, 0.3) is 10.9 Å². The van der Waals surface area contributed by atoms with Gasteiger partial charge in [-0.1, -0.05) is 32.9 Å². The van der Waals surface area contributed by atoms with E-state index < -0.39 is 11.4 Å². The van der Waals surface area contributed by atoms with Crippen molar-refractivity contribution in [3.8, 4) is 0 Å². The predicted octanol–water partition coefficient (Wildman–Crippen LogP) is 2.65. The van der Waals surface area contributed by atoms with Crippen molar-refractivity contribution >= 4 is 16.7 Å². The highest BCUT2D eigenvalue weighted by molar-refractivity contribution is 5.98. The first-order valence-corrected chi connectivity index (χ1v) is 6.83. The first-order chi connectivity index (χ1) is 9.89. The molecule has 0 amide bonds. The van der Waals surface area contributed by atoms with Crippen molar-refractivity contribution < 1.29 is 4.39 Å². The minimum absolute atomic E-state index is 0.00787. The van der Waals surface area contributed by atoms with Crippen LogP contribution in [0.4, 0.5) is 4.39 Å². The molecule has 5 heteroatoms. The normalized spacial score (nSPS) is 14.8. The highest BCUT2D eigenvalue weighted by Gasteiger charge is 2.25. The summed E-state index contributed by atoms with van der Waals surface area (Å²) in [5, 5.41) is 0.00787. The molecule has 0 fully saturated rings. The van der Waals surface area contributed by atoms with Crippen molar-refractivity contribution in [2.45, 2.75) is 26.2 Å². The van der Waals surface area contributed by atoms with Gasteiger partial charge in [0.05, 0.1) is 12.1 Å². The van der Waals surface area contributed by atoms with Gasteiger partial charge < -0.3 is 0 Å². The van der Waals surface area contributed by atoms with Gasteiger partial charge in [0, 0.05) is 5.41 Å². The van der Waals surface area contributed by atoms with E-state index >= 15 is 0 Å². The molecular weight excluding hydrogens is 269 g/mol. The van der Waals surface area contributed by atoms with Crippen molar-refractivity contribution in [3.05, 3.63) is 52.3 Å². The van der Waals surface area contributed by atoms with Crippen LogP contribution in [0.3, 0.4) is 0 Å². The second-order valence-electron chi connectivity index (χ2n) is 6.06. The topological polar surface area (TPSA) is 47.2 Å². The summed E-state index contributed by atoms with van der Waals surface area (Å²) in [6, 6.07) is 4.50. The van der Waals surface area contributed by atoms with Crippen LogP contribution in [0.2, 0.25) is 0 Å². The number of benzene rings is 1. The standard InChI is InChI=1S/C16H16FN3O/c1-16(2,3)15-19-11-7-4-6-10(17)13(11)14(21)20(15)12-8-5-9-18-12/h4-8H,9H2,1-3H3. The van der Waals surface area contributed by atoms with E-state index in [-0.39, 0.29) is 10.8 Å². The molecule has 0 aliphatic carbocycles. The number of nitrogens with zero attached hydrogens (tertiary/aromatic N) is 3. The third-order valence-electron chi connectivity index (χ3n) is 3.37. The zero-order valence-corrected chi connectivity index (χ0v) is 12.2. The fourth-order valence-corrected chi connectivity index (χ4v) is 2.41. The van der Waals surface area contributed by atoms with E-state index in [2.05, 4.69) is 9.98 Å². The molecule has 0 spiro atoms. The van der Waals surface area contributed by atoms with Gasteiger partial charge in [-0.25, -0.2) is 13.9 Å². The van der Waals surface area contributed by atoms with Gasteiger partial charge in [-0.2, -0.15) is 0 Å². The van der Waals surface area contributed by atoms with Crippen LogP contribution in [0.5, 0.6) is 0 Å². The number of allylic oxidation sites excluding steroid dienone is 1. The molecule has 1 aromatic carbocycles. The smallest absolute Gasteiger partial charge is 0.268 e. The zero-order chi connectivity index (χ0) is 15.2. The zero-order valence-electron chi connectivity index (χ0n) is 12.2. The summed E-state index contributed by atoms with van der Waals surface area (Å²) in [6.45, 7) is 6.43. The number of rotatable bonds is 0. The Morgan fingerprint density at radius 1 is 1.29 bits per heavy atom. The molecule has 0 atom stereocenters. The Hall–Kier alpha value is -2.30. The second kappa shape index (κ2) is 4.62. The third-order valence-corrected chi connectivity index (χ3v) is 3.37. The monoisotopic (exact) mass is 285 g/mol. The minimum atomic E-state index is -0.554. The van der Waals surface area contributed by atoms with E-state index in [9.17, 15) is 9.18 Å². The molecule has 108 valence electrons. The maximum absolute atomic E-state index is 14.0. The lowest BCUT2D eigenvalue weighted by Gasteiger charge is -2.23. The molecule has 0 N–H and O–H groups in total. The lowest BCUT2D eigenvalue weighted by molar-refractivity contribution is 0.531. The summed E-state index contributed by atoms with van der Waals surface area (Å²) in [4.78, 5) is 21.6. The molecule has 2 aromatic rings. The van der Waals surface area contributed by atoms with Crippen LogP contribution in [-0.4, -0.2) is 21.9 Å². The van der Waals surface area contributed by atoms with Gasteiger partial charge in [0.1, 0.15) is 22.9 Å². The van der Waals surface area contributed by atoms with Crippen molar-refractivity contribution in [1.29, 1.82) is 0 Å². The maximum atomic E-state index is 14.0. The molecule has 0 saturated carbocycles. The molecule has 0 saturated heterocycles. The van der Waals surface area contributed by atoms with Crippen LogP contribution >= 0.6 is 0 Å². The average molecular weight is 285 g/mol. The van der Waals surface area contributed by atoms with Crippen LogP contribution in [-0.2, 0) is 5.41 Å². The molecule has 1 aliphatic heterocycles. The van der Waals surface area contributed by atoms with Gasteiger partial charge in [-0.3, -0.25) is 9.79 Å². The number of halogens is 1. The summed E-state index contributed by atoms with van der Waals surface area (Å²) in [5.41, 5.74) is -0.393. The van der Waals surface area contributed by atoms with E-state index in [0.29, 0.717) is 23.7 Å². The van der Waals surface area contributed by atoms with Crippen molar-refractivity contribution in [2.24, 2.45) is 4.99 Å². The fourth-order valence-electron chi connectivity index (χ4n) is 2.41. The number of fused-ring (bicyclic) bond motifs is 1. The van der Waals surface area contributed by atoms with Crippen LogP contribution in [0, 0.1) is 5.82 Å².